The van der Waals surface area contributed by atoms with E-state index in [1.165, 1.54) is 19.3 Å². The zero-order valence-electron chi connectivity index (χ0n) is 24.4. The van der Waals surface area contributed by atoms with Crippen molar-refractivity contribution in [2.24, 2.45) is 4.99 Å². The number of carbonyl (C=O) groups excluding carboxylic acids is 1. The van der Waals surface area contributed by atoms with Crippen molar-refractivity contribution in [3.05, 3.63) is 83.7 Å². The van der Waals surface area contributed by atoms with Crippen molar-refractivity contribution in [2.75, 3.05) is 30.9 Å². The van der Waals surface area contributed by atoms with Crippen molar-refractivity contribution in [1.82, 2.24) is 14.8 Å². The maximum atomic E-state index is 13.6. The van der Waals surface area contributed by atoms with E-state index in [1.54, 1.807) is 42.7 Å². The van der Waals surface area contributed by atoms with Crippen LogP contribution in [0.2, 0.25) is 0 Å². The molecule has 1 saturated heterocycles. The van der Waals surface area contributed by atoms with E-state index in [4.69, 9.17) is 0 Å². The summed E-state index contributed by atoms with van der Waals surface area (Å²) in [5, 5.41) is 0. The second kappa shape index (κ2) is 14.1. The topological polar surface area (TPSA) is 95.0 Å². The summed E-state index contributed by atoms with van der Waals surface area (Å²) >= 11 is 0. The van der Waals surface area contributed by atoms with Gasteiger partial charge in [-0.3, -0.25) is 24.4 Å². The van der Waals surface area contributed by atoms with Crippen LogP contribution in [0.4, 0.5) is 11.4 Å². The summed E-state index contributed by atoms with van der Waals surface area (Å²) in [7, 11) is -3.90. The van der Waals surface area contributed by atoms with Crippen LogP contribution in [-0.2, 0) is 16.6 Å². The normalized spacial score (nSPS) is 17.6. The molecule has 2 aromatic carbocycles. The molecule has 1 aromatic heterocycles. The van der Waals surface area contributed by atoms with Gasteiger partial charge in [0.15, 0.2) is 0 Å². The predicted octanol–water partition coefficient (Wildman–Crippen LogP) is 6.39. The highest BCUT2D eigenvalue weighted by Crippen LogP contribution is 2.39. The van der Waals surface area contributed by atoms with Gasteiger partial charge in [0, 0.05) is 62.6 Å². The number of nitrogens with zero attached hydrogens (tertiary/aromatic N) is 4. The van der Waals surface area contributed by atoms with Gasteiger partial charge in [-0.25, -0.2) is 8.42 Å². The number of anilines is 1. The molecule has 0 unspecified atom stereocenters. The molecule has 0 atom stereocenters. The monoisotopic (exact) mass is 587 g/mol. The third kappa shape index (κ3) is 7.44. The van der Waals surface area contributed by atoms with E-state index < -0.39 is 10.0 Å². The number of benzene rings is 2. The summed E-state index contributed by atoms with van der Waals surface area (Å²) in [6.45, 7) is 5.51. The van der Waals surface area contributed by atoms with E-state index in [0.717, 1.165) is 56.4 Å². The molecule has 1 saturated carbocycles. The van der Waals surface area contributed by atoms with Crippen molar-refractivity contribution in [3.63, 3.8) is 0 Å². The van der Waals surface area contributed by atoms with Crippen molar-refractivity contribution in [2.45, 2.75) is 69.2 Å². The number of piperazine rings is 1. The third-order valence-electron chi connectivity index (χ3n) is 8.30. The number of pyridine rings is 1. The molecule has 1 aliphatic carbocycles. The fourth-order valence-electron chi connectivity index (χ4n) is 6.05. The molecule has 2 fully saturated rings. The molecule has 2 aliphatic rings. The highest BCUT2D eigenvalue weighted by Gasteiger charge is 2.26. The van der Waals surface area contributed by atoms with Crippen LogP contribution >= 0.6 is 0 Å². The second-order valence-corrected chi connectivity index (χ2v) is 12.9. The summed E-state index contributed by atoms with van der Waals surface area (Å²) in [6, 6.07) is 16.2. The number of nitrogens with one attached hydrogen (secondary N) is 1. The van der Waals surface area contributed by atoms with Gasteiger partial charge in [0.05, 0.1) is 5.69 Å². The number of sulfonamides is 1. The van der Waals surface area contributed by atoms with Crippen LogP contribution in [0.15, 0.2) is 76.9 Å². The maximum Gasteiger partial charge on any atom is 0.264 e. The summed E-state index contributed by atoms with van der Waals surface area (Å²) in [4.78, 5) is 26.3. The van der Waals surface area contributed by atoms with Gasteiger partial charge in [-0.05, 0) is 73.2 Å². The average molecular weight is 588 g/mol. The zero-order valence-corrected chi connectivity index (χ0v) is 25.2. The molecule has 1 amide bonds. The van der Waals surface area contributed by atoms with E-state index in [0.29, 0.717) is 35.9 Å². The molecule has 42 heavy (non-hydrogen) atoms. The van der Waals surface area contributed by atoms with Crippen molar-refractivity contribution >= 4 is 33.5 Å². The van der Waals surface area contributed by atoms with Gasteiger partial charge in [0.25, 0.3) is 15.9 Å². The minimum atomic E-state index is -3.90. The molecule has 1 aliphatic heterocycles. The fraction of sp³-hybridized carbons (Fsp3) is 0.424. The number of hydrogen-bond donors (Lipinski definition) is 1. The summed E-state index contributed by atoms with van der Waals surface area (Å²) in [6.07, 6.45) is 13.5. The molecule has 8 nitrogen and oxygen atoms in total. The second-order valence-electron chi connectivity index (χ2n) is 11.2. The number of para-hydroxylation sites is 1. The van der Waals surface area contributed by atoms with Gasteiger partial charge in [0.1, 0.15) is 4.90 Å². The highest BCUT2D eigenvalue weighted by atomic mass is 32.2. The summed E-state index contributed by atoms with van der Waals surface area (Å²) < 4.78 is 30.0. The molecule has 0 radical (unpaired) electrons. The largest absolute Gasteiger partial charge is 0.336 e. The number of amides is 1. The average Bonchev–Trinajstić information content (AvgIpc) is 2.98. The molecule has 2 heterocycles. The number of hydrogen-bond acceptors (Lipinski definition) is 6. The quantitative estimate of drug-likeness (QED) is 0.308. The maximum absolute atomic E-state index is 13.6. The number of carbonyl (C=O) groups is 1. The van der Waals surface area contributed by atoms with Crippen LogP contribution in [-0.4, -0.2) is 61.5 Å². The molecule has 0 bridgehead atoms. The SMILES string of the molecule is CC=Nc1c(C2CCCCCCC2)cccc1S(=O)(=O)Nc1ccc(C(=O)N2CCN(Cc3cccnc3)CC2)cc1. The number of aliphatic imine (C=N–C) groups is 1. The Balaban J connectivity index is 1.25. The Bertz CT molecular complexity index is 1460. The van der Waals surface area contributed by atoms with Gasteiger partial charge in [-0.1, -0.05) is 50.3 Å². The van der Waals surface area contributed by atoms with Crippen LogP contribution in [0.3, 0.4) is 0 Å². The molecule has 1 N–H and O–H groups in total. The van der Waals surface area contributed by atoms with Crippen molar-refractivity contribution in [1.29, 1.82) is 0 Å². The highest BCUT2D eigenvalue weighted by molar-refractivity contribution is 7.92. The third-order valence-corrected chi connectivity index (χ3v) is 9.71. The Morgan fingerprint density at radius 1 is 0.952 bits per heavy atom. The lowest BCUT2D eigenvalue weighted by molar-refractivity contribution is 0.0628. The van der Waals surface area contributed by atoms with Crippen molar-refractivity contribution in [3.8, 4) is 0 Å². The molecule has 3 aromatic rings. The number of rotatable bonds is 8. The molecule has 0 spiro atoms. The Morgan fingerprint density at radius 3 is 2.33 bits per heavy atom. The fourth-order valence-corrected chi connectivity index (χ4v) is 7.29. The van der Waals surface area contributed by atoms with Gasteiger partial charge < -0.3 is 4.90 Å². The first-order valence-electron chi connectivity index (χ1n) is 15.1. The van der Waals surface area contributed by atoms with E-state index in [2.05, 4.69) is 25.7 Å². The molecule has 9 heteroatoms. The first-order chi connectivity index (χ1) is 20.4. The molecular formula is C33H41N5O3S. The van der Waals surface area contributed by atoms with Crippen LogP contribution < -0.4 is 4.72 Å². The van der Waals surface area contributed by atoms with Gasteiger partial charge in [-0.15, -0.1) is 0 Å². The van der Waals surface area contributed by atoms with Crippen LogP contribution in [0.25, 0.3) is 0 Å². The predicted molar refractivity (Wildman–Crippen MR) is 168 cm³/mol. The minimum Gasteiger partial charge on any atom is -0.336 e. The molecule has 5 rings (SSSR count). The van der Waals surface area contributed by atoms with Gasteiger partial charge in [0.2, 0.25) is 0 Å². The Labute approximate surface area is 249 Å². The van der Waals surface area contributed by atoms with Gasteiger partial charge in [-0.2, -0.15) is 0 Å². The Morgan fingerprint density at radius 2 is 1.67 bits per heavy atom. The Hall–Kier alpha value is -3.56. The molecular weight excluding hydrogens is 546 g/mol. The smallest absolute Gasteiger partial charge is 0.264 e. The van der Waals surface area contributed by atoms with Crippen molar-refractivity contribution < 1.29 is 13.2 Å². The minimum absolute atomic E-state index is 0.0445. The standard InChI is InChI=1S/C33H41N5O3S/c1-2-35-32-30(27-11-6-4-3-5-7-12-27)13-8-14-31(32)42(40,41)36-29-17-15-28(16-18-29)33(39)38-22-20-37(21-23-38)25-26-10-9-19-34-24-26/h2,8-10,13-19,24,27,36H,3-7,11-12,20-23,25H2,1H3. The van der Waals surface area contributed by atoms with E-state index in [9.17, 15) is 13.2 Å². The Kier molecular flexibility index (Phi) is 10.0. The van der Waals surface area contributed by atoms with Gasteiger partial charge >= 0.3 is 0 Å². The lowest BCUT2D eigenvalue weighted by atomic mass is 9.85. The van der Waals surface area contributed by atoms with E-state index >= 15 is 0 Å². The zero-order chi connectivity index (χ0) is 29.4. The lowest BCUT2D eigenvalue weighted by Gasteiger charge is -2.34. The van der Waals surface area contributed by atoms with E-state index in [1.807, 2.05) is 36.2 Å². The summed E-state index contributed by atoms with van der Waals surface area (Å²) in [5.74, 6) is 0.263. The number of aromatic nitrogens is 1. The first kappa shape index (κ1) is 29.9. The van der Waals surface area contributed by atoms with Crippen LogP contribution in [0.1, 0.15) is 79.3 Å². The molecule has 222 valence electrons. The van der Waals surface area contributed by atoms with Crippen LogP contribution in [0, 0.1) is 0 Å². The summed E-state index contributed by atoms with van der Waals surface area (Å²) in [5.41, 5.74) is 3.67. The first-order valence-corrected chi connectivity index (χ1v) is 16.6. The lowest BCUT2D eigenvalue weighted by Crippen LogP contribution is -2.48. The van der Waals surface area contributed by atoms with E-state index in [-0.39, 0.29) is 10.8 Å². The van der Waals surface area contributed by atoms with Crippen LogP contribution in [0.5, 0.6) is 0 Å².